The van der Waals surface area contributed by atoms with Gasteiger partial charge in [0, 0.05) is 56.4 Å². The van der Waals surface area contributed by atoms with E-state index >= 15 is 0 Å². The number of aromatic nitrogens is 1. The largest absolute Gasteiger partial charge is 0.379 e. The van der Waals surface area contributed by atoms with Crippen LogP contribution in [0.25, 0.3) is 11.1 Å². The van der Waals surface area contributed by atoms with E-state index in [-0.39, 0.29) is 5.56 Å². The third-order valence-corrected chi connectivity index (χ3v) is 8.27. The van der Waals surface area contributed by atoms with Crippen molar-refractivity contribution in [2.24, 2.45) is 5.92 Å². The SMILES string of the molecule is O=c1c(-c2ccccc2CN2CCOCC2)ccc2n1C[C@@H]1C[C@@H]2CN(CCCc2ccccc2)C1. The van der Waals surface area contributed by atoms with E-state index in [4.69, 9.17) is 4.74 Å². The van der Waals surface area contributed by atoms with Gasteiger partial charge < -0.3 is 14.2 Å². The molecule has 0 unspecified atom stereocenters. The second-order valence-corrected chi connectivity index (χ2v) is 10.8. The summed E-state index contributed by atoms with van der Waals surface area (Å²) in [5.74, 6) is 1.02. The lowest BCUT2D eigenvalue weighted by Crippen LogP contribution is -2.47. The number of benzene rings is 2. The van der Waals surface area contributed by atoms with Crippen LogP contribution in [0.4, 0.5) is 0 Å². The third kappa shape index (κ3) is 5.06. The van der Waals surface area contributed by atoms with Gasteiger partial charge in [-0.25, -0.2) is 0 Å². The molecular formula is C31H37N3O2. The van der Waals surface area contributed by atoms with Gasteiger partial charge in [-0.15, -0.1) is 0 Å². The highest BCUT2D eigenvalue weighted by Crippen LogP contribution is 2.36. The van der Waals surface area contributed by atoms with E-state index < -0.39 is 0 Å². The molecule has 5 nitrogen and oxygen atoms in total. The molecule has 3 aromatic rings. The van der Waals surface area contributed by atoms with E-state index in [0.29, 0.717) is 11.8 Å². The first-order chi connectivity index (χ1) is 17.7. The van der Waals surface area contributed by atoms with Gasteiger partial charge >= 0.3 is 0 Å². The second kappa shape index (κ2) is 10.7. The zero-order valence-electron chi connectivity index (χ0n) is 21.1. The molecule has 4 heterocycles. The molecule has 3 aliphatic heterocycles. The maximum absolute atomic E-state index is 13.8. The minimum Gasteiger partial charge on any atom is -0.379 e. The number of hydrogen-bond acceptors (Lipinski definition) is 4. The van der Waals surface area contributed by atoms with Gasteiger partial charge in [-0.3, -0.25) is 9.69 Å². The Morgan fingerprint density at radius 2 is 1.61 bits per heavy atom. The van der Waals surface area contributed by atoms with Crippen LogP contribution < -0.4 is 5.56 Å². The molecule has 1 aromatic heterocycles. The molecule has 2 atom stereocenters. The lowest BCUT2D eigenvalue weighted by molar-refractivity contribution is 0.0342. The molecule has 188 valence electrons. The van der Waals surface area contributed by atoms with Crippen molar-refractivity contribution in [1.82, 2.24) is 14.4 Å². The Hall–Kier alpha value is -2.73. The Morgan fingerprint density at radius 1 is 0.806 bits per heavy atom. The zero-order chi connectivity index (χ0) is 24.3. The molecule has 0 radical (unpaired) electrons. The molecular weight excluding hydrogens is 446 g/mol. The molecule has 0 spiro atoms. The molecule has 3 aliphatic rings. The summed E-state index contributed by atoms with van der Waals surface area (Å²) in [6.45, 7) is 8.49. The fourth-order valence-corrected chi connectivity index (χ4v) is 6.51. The standard InChI is InChI=1S/C31H37N3O2/c35-31-29(28-11-5-4-10-26(28)22-32-15-17-36-18-16-32)12-13-30-27-19-25(21-34(30)31)20-33(23-27)14-6-9-24-7-2-1-3-8-24/h1-5,7-8,10-13,25,27H,6,9,14-23H2/t25-,27-/m1/s1. The van der Waals surface area contributed by atoms with Crippen molar-refractivity contribution in [3.8, 4) is 11.1 Å². The minimum absolute atomic E-state index is 0.189. The molecule has 0 saturated carbocycles. The number of nitrogens with zero attached hydrogens (tertiary/aromatic N) is 3. The normalized spacial score (nSPS) is 22.3. The highest BCUT2D eigenvalue weighted by molar-refractivity contribution is 5.66. The Kier molecular flexibility index (Phi) is 7.04. The first-order valence-electron chi connectivity index (χ1n) is 13.6. The van der Waals surface area contributed by atoms with E-state index in [2.05, 4.69) is 81.1 Å². The maximum atomic E-state index is 13.8. The molecule has 0 aliphatic carbocycles. The molecule has 5 heteroatoms. The van der Waals surface area contributed by atoms with Crippen molar-refractivity contribution < 1.29 is 4.74 Å². The Labute approximate surface area is 214 Å². The number of aryl methyl sites for hydroxylation is 1. The number of rotatable bonds is 7. The van der Waals surface area contributed by atoms with Gasteiger partial charge in [0.15, 0.2) is 0 Å². The lowest BCUT2D eigenvalue weighted by Gasteiger charge is -2.43. The number of piperidine rings is 1. The van der Waals surface area contributed by atoms with E-state index in [0.717, 1.165) is 76.6 Å². The Morgan fingerprint density at radius 3 is 2.47 bits per heavy atom. The van der Waals surface area contributed by atoms with Crippen molar-refractivity contribution in [3.05, 3.63) is 93.9 Å². The number of likely N-dealkylation sites (tertiary alicyclic amines) is 1. The molecule has 36 heavy (non-hydrogen) atoms. The summed E-state index contributed by atoms with van der Waals surface area (Å²) in [4.78, 5) is 18.9. The number of fused-ring (bicyclic) bond motifs is 4. The minimum atomic E-state index is 0.189. The van der Waals surface area contributed by atoms with Crippen molar-refractivity contribution in [1.29, 1.82) is 0 Å². The first kappa shape index (κ1) is 23.7. The van der Waals surface area contributed by atoms with E-state index in [1.165, 1.54) is 29.7 Å². The predicted octanol–water partition coefficient (Wildman–Crippen LogP) is 4.40. The lowest BCUT2D eigenvalue weighted by atomic mass is 9.82. The van der Waals surface area contributed by atoms with Crippen LogP contribution in [0, 0.1) is 5.92 Å². The first-order valence-corrected chi connectivity index (χ1v) is 13.6. The second-order valence-electron chi connectivity index (χ2n) is 10.8. The summed E-state index contributed by atoms with van der Waals surface area (Å²) < 4.78 is 7.63. The Bertz CT molecular complexity index is 1230. The van der Waals surface area contributed by atoms with Crippen LogP contribution >= 0.6 is 0 Å². The van der Waals surface area contributed by atoms with E-state index in [1.54, 1.807) is 0 Å². The van der Waals surface area contributed by atoms with Gasteiger partial charge in [0.1, 0.15) is 0 Å². The van der Waals surface area contributed by atoms with E-state index in [1.807, 2.05) is 0 Å². The summed E-state index contributed by atoms with van der Waals surface area (Å²) >= 11 is 0. The molecule has 6 rings (SSSR count). The molecule has 0 N–H and O–H groups in total. The number of pyridine rings is 1. The molecule has 2 aromatic carbocycles. The van der Waals surface area contributed by atoms with Crippen LogP contribution in [-0.4, -0.2) is 60.3 Å². The number of ether oxygens (including phenoxy) is 1. The van der Waals surface area contributed by atoms with Crippen LogP contribution in [0.1, 0.15) is 35.6 Å². The number of morpholine rings is 1. The van der Waals surface area contributed by atoms with Gasteiger partial charge in [-0.05, 0) is 60.5 Å². The summed E-state index contributed by atoms with van der Waals surface area (Å²) in [7, 11) is 0. The monoisotopic (exact) mass is 483 g/mol. The number of hydrogen-bond donors (Lipinski definition) is 0. The molecule has 2 fully saturated rings. The van der Waals surface area contributed by atoms with Crippen LogP contribution in [0.15, 0.2) is 71.5 Å². The zero-order valence-corrected chi connectivity index (χ0v) is 21.1. The highest BCUT2D eigenvalue weighted by Gasteiger charge is 2.35. The highest BCUT2D eigenvalue weighted by atomic mass is 16.5. The molecule has 0 amide bonds. The van der Waals surface area contributed by atoms with Gasteiger partial charge in [0.25, 0.3) is 5.56 Å². The Balaban J connectivity index is 1.18. The van der Waals surface area contributed by atoms with Crippen molar-refractivity contribution in [2.75, 3.05) is 45.9 Å². The van der Waals surface area contributed by atoms with Gasteiger partial charge in [0.2, 0.25) is 0 Å². The molecule has 2 bridgehead atoms. The van der Waals surface area contributed by atoms with E-state index in [9.17, 15) is 4.79 Å². The van der Waals surface area contributed by atoms with Crippen molar-refractivity contribution in [2.45, 2.75) is 38.3 Å². The van der Waals surface area contributed by atoms with Gasteiger partial charge in [-0.1, -0.05) is 54.6 Å². The summed E-state index contributed by atoms with van der Waals surface area (Å²) in [5.41, 5.74) is 6.02. The summed E-state index contributed by atoms with van der Waals surface area (Å²) in [6.07, 6.45) is 3.53. The predicted molar refractivity (Wildman–Crippen MR) is 144 cm³/mol. The van der Waals surface area contributed by atoms with Crippen LogP contribution in [0.3, 0.4) is 0 Å². The van der Waals surface area contributed by atoms with Gasteiger partial charge in [-0.2, -0.15) is 0 Å². The van der Waals surface area contributed by atoms with Crippen molar-refractivity contribution >= 4 is 0 Å². The third-order valence-electron chi connectivity index (χ3n) is 8.27. The fourth-order valence-electron chi connectivity index (χ4n) is 6.51. The topological polar surface area (TPSA) is 37.7 Å². The average Bonchev–Trinajstić information content (AvgIpc) is 2.91. The maximum Gasteiger partial charge on any atom is 0.258 e. The molecule has 2 saturated heterocycles. The van der Waals surface area contributed by atoms with Crippen LogP contribution in [0.2, 0.25) is 0 Å². The van der Waals surface area contributed by atoms with Crippen molar-refractivity contribution in [3.63, 3.8) is 0 Å². The average molecular weight is 484 g/mol. The fraction of sp³-hybridized carbons (Fsp3) is 0.452. The van der Waals surface area contributed by atoms with Gasteiger partial charge in [0.05, 0.1) is 13.2 Å². The smallest absolute Gasteiger partial charge is 0.258 e. The summed E-state index contributed by atoms with van der Waals surface area (Å²) in [6, 6.07) is 23.6. The van der Waals surface area contributed by atoms with Crippen LogP contribution in [0.5, 0.6) is 0 Å². The quantitative estimate of drug-likeness (QED) is 0.499. The van der Waals surface area contributed by atoms with Crippen LogP contribution in [-0.2, 0) is 24.2 Å². The summed E-state index contributed by atoms with van der Waals surface area (Å²) in [5, 5.41) is 0.